The van der Waals surface area contributed by atoms with Gasteiger partial charge in [-0.15, -0.1) is 12.4 Å². The van der Waals surface area contributed by atoms with Gasteiger partial charge in [0, 0.05) is 25.8 Å². The van der Waals surface area contributed by atoms with Gasteiger partial charge in [-0.05, 0) is 55.5 Å². The standard InChI is InChI=1S/C17H24N2O2.ClH/c1-21-12-13-2-4-14(5-3-13)17(20)19-8-6-15-10-18-11-16(15)7-9-19;/h2-5,15-16,18H,6-12H2,1H3;1H/t15-,16+;. The minimum atomic E-state index is 0. The molecule has 1 N–H and O–H groups in total. The molecular weight excluding hydrogens is 300 g/mol. The lowest BCUT2D eigenvalue weighted by Gasteiger charge is -2.21. The molecule has 4 nitrogen and oxygen atoms in total. The minimum Gasteiger partial charge on any atom is -0.380 e. The summed E-state index contributed by atoms with van der Waals surface area (Å²) in [5, 5.41) is 3.47. The Bertz CT molecular complexity index is 478. The summed E-state index contributed by atoms with van der Waals surface area (Å²) >= 11 is 0. The Morgan fingerprint density at radius 1 is 1.18 bits per heavy atom. The number of benzene rings is 1. The number of nitrogens with one attached hydrogen (secondary N) is 1. The number of hydrogen-bond acceptors (Lipinski definition) is 3. The number of fused-ring (bicyclic) bond motifs is 1. The van der Waals surface area contributed by atoms with Gasteiger partial charge >= 0.3 is 0 Å². The Morgan fingerprint density at radius 2 is 1.77 bits per heavy atom. The van der Waals surface area contributed by atoms with Crippen molar-refractivity contribution in [1.29, 1.82) is 0 Å². The van der Waals surface area contributed by atoms with Crippen LogP contribution in [0.15, 0.2) is 24.3 Å². The van der Waals surface area contributed by atoms with Gasteiger partial charge in [0.25, 0.3) is 5.91 Å². The third-order valence-corrected chi connectivity index (χ3v) is 4.82. The zero-order chi connectivity index (χ0) is 14.7. The normalized spacial score (nSPS) is 24.3. The van der Waals surface area contributed by atoms with Gasteiger partial charge in [0.1, 0.15) is 0 Å². The molecule has 2 fully saturated rings. The quantitative estimate of drug-likeness (QED) is 0.928. The average Bonchev–Trinajstić information content (AvgIpc) is 2.86. The van der Waals surface area contributed by atoms with Crippen LogP contribution in [0.2, 0.25) is 0 Å². The Labute approximate surface area is 138 Å². The van der Waals surface area contributed by atoms with Gasteiger partial charge in [0.2, 0.25) is 0 Å². The van der Waals surface area contributed by atoms with Gasteiger partial charge in [-0.25, -0.2) is 0 Å². The molecule has 0 radical (unpaired) electrons. The van der Waals surface area contributed by atoms with E-state index in [1.54, 1.807) is 7.11 Å². The van der Waals surface area contributed by atoms with Crippen LogP contribution in [0.4, 0.5) is 0 Å². The Morgan fingerprint density at radius 3 is 2.32 bits per heavy atom. The summed E-state index contributed by atoms with van der Waals surface area (Å²) < 4.78 is 5.10. The average molecular weight is 325 g/mol. The van der Waals surface area contributed by atoms with Crippen molar-refractivity contribution in [3.63, 3.8) is 0 Å². The molecule has 2 atom stereocenters. The largest absolute Gasteiger partial charge is 0.380 e. The van der Waals surface area contributed by atoms with Crippen LogP contribution < -0.4 is 5.32 Å². The molecule has 2 saturated heterocycles. The number of carbonyl (C=O) groups excluding carboxylic acids is 1. The van der Waals surface area contributed by atoms with Crippen molar-refractivity contribution in [3.05, 3.63) is 35.4 Å². The highest BCUT2D eigenvalue weighted by atomic mass is 35.5. The Hall–Kier alpha value is -1.10. The molecule has 1 aromatic carbocycles. The number of nitrogens with zero attached hydrogens (tertiary/aromatic N) is 1. The fraction of sp³-hybridized carbons (Fsp3) is 0.588. The second-order valence-electron chi connectivity index (χ2n) is 6.18. The van der Waals surface area contributed by atoms with Crippen LogP contribution in [0.5, 0.6) is 0 Å². The molecular formula is C17H25ClN2O2. The van der Waals surface area contributed by atoms with Gasteiger partial charge in [0.15, 0.2) is 0 Å². The lowest BCUT2D eigenvalue weighted by Crippen LogP contribution is -2.32. The maximum Gasteiger partial charge on any atom is 0.253 e. The van der Waals surface area contributed by atoms with E-state index in [-0.39, 0.29) is 18.3 Å². The smallest absolute Gasteiger partial charge is 0.253 e. The molecule has 0 unspecified atom stereocenters. The summed E-state index contributed by atoms with van der Waals surface area (Å²) in [6.07, 6.45) is 2.26. The van der Waals surface area contributed by atoms with E-state index in [9.17, 15) is 4.79 Å². The molecule has 0 saturated carbocycles. The monoisotopic (exact) mass is 324 g/mol. The van der Waals surface area contributed by atoms with E-state index in [0.717, 1.165) is 62.0 Å². The zero-order valence-electron chi connectivity index (χ0n) is 13.1. The second kappa shape index (κ2) is 7.95. The van der Waals surface area contributed by atoms with E-state index >= 15 is 0 Å². The first-order valence-corrected chi connectivity index (χ1v) is 7.86. The fourth-order valence-corrected chi connectivity index (χ4v) is 3.51. The first-order valence-electron chi connectivity index (χ1n) is 7.86. The molecule has 0 aromatic heterocycles. The SMILES string of the molecule is COCc1ccc(C(=O)N2CC[C@@H]3CNC[C@@H]3CC2)cc1.Cl. The third-order valence-electron chi connectivity index (χ3n) is 4.82. The molecule has 1 aromatic rings. The van der Waals surface area contributed by atoms with Crippen molar-refractivity contribution in [2.75, 3.05) is 33.3 Å². The van der Waals surface area contributed by atoms with Gasteiger partial charge in [-0.1, -0.05) is 12.1 Å². The van der Waals surface area contributed by atoms with E-state index in [0.29, 0.717) is 6.61 Å². The summed E-state index contributed by atoms with van der Waals surface area (Å²) in [6, 6.07) is 7.80. The predicted molar refractivity (Wildman–Crippen MR) is 89.4 cm³/mol. The molecule has 2 aliphatic heterocycles. The molecule has 122 valence electrons. The predicted octanol–water partition coefficient (Wildman–Crippen LogP) is 2.33. The highest BCUT2D eigenvalue weighted by molar-refractivity contribution is 5.94. The van der Waals surface area contributed by atoms with E-state index < -0.39 is 0 Å². The molecule has 5 heteroatoms. The molecule has 3 rings (SSSR count). The molecule has 1 amide bonds. The molecule has 0 aliphatic carbocycles. The summed E-state index contributed by atoms with van der Waals surface area (Å²) in [6.45, 7) is 4.62. The fourth-order valence-electron chi connectivity index (χ4n) is 3.51. The summed E-state index contributed by atoms with van der Waals surface area (Å²) in [4.78, 5) is 14.7. The molecule has 0 spiro atoms. The van der Waals surface area contributed by atoms with Gasteiger partial charge < -0.3 is 15.0 Å². The summed E-state index contributed by atoms with van der Waals surface area (Å²) in [5.41, 5.74) is 1.89. The molecule has 0 bridgehead atoms. The van der Waals surface area contributed by atoms with Crippen LogP contribution in [0.3, 0.4) is 0 Å². The van der Waals surface area contributed by atoms with Gasteiger partial charge in [-0.2, -0.15) is 0 Å². The van der Waals surface area contributed by atoms with Crippen molar-refractivity contribution < 1.29 is 9.53 Å². The highest BCUT2D eigenvalue weighted by Crippen LogP contribution is 2.27. The number of likely N-dealkylation sites (tertiary alicyclic amines) is 1. The Balaban J connectivity index is 0.00000176. The van der Waals surface area contributed by atoms with Crippen LogP contribution in [0.25, 0.3) is 0 Å². The van der Waals surface area contributed by atoms with Crippen molar-refractivity contribution in [2.45, 2.75) is 19.4 Å². The van der Waals surface area contributed by atoms with Crippen molar-refractivity contribution in [3.8, 4) is 0 Å². The highest BCUT2D eigenvalue weighted by Gasteiger charge is 2.31. The van der Waals surface area contributed by atoms with Crippen LogP contribution in [0, 0.1) is 11.8 Å². The van der Waals surface area contributed by atoms with Crippen LogP contribution in [-0.2, 0) is 11.3 Å². The number of carbonyl (C=O) groups is 1. The number of methoxy groups -OCH3 is 1. The number of ether oxygens (including phenoxy) is 1. The number of halogens is 1. The first kappa shape index (κ1) is 17.3. The van der Waals surface area contributed by atoms with Crippen LogP contribution in [-0.4, -0.2) is 44.1 Å². The van der Waals surface area contributed by atoms with Crippen molar-refractivity contribution in [1.82, 2.24) is 10.2 Å². The van der Waals surface area contributed by atoms with Gasteiger partial charge in [-0.3, -0.25) is 4.79 Å². The zero-order valence-corrected chi connectivity index (χ0v) is 13.9. The lowest BCUT2D eigenvalue weighted by molar-refractivity contribution is 0.0758. The lowest BCUT2D eigenvalue weighted by atomic mass is 9.92. The van der Waals surface area contributed by atoms with Crippen LogP contribution in [0.1, 0.15) is 28.8 Å². The van der Waals surface area contributed by atoms with E-state index in [1.165, 1.54) is 0 Å². The van der Waals surface area contributed by atoms with Crippen LogP contribution >= 0.6 is 12.4 Å². The van der Waals surface area contributed by atoms with Gasteiger partial charge in [0.05, 0.1) is 6.61 Å². The van der Waals surface area contributed by atoms with E-state index in [4.69, 9.17) is 4.74 Å². The number of hydrogen-bond donors (Lipinski definition) is 1. The summed E-state index contributed by atoms with van der Waals surface area (Å²) in [7, 11) is 1.68. The molecule has 2 aliphatic rings. The number of rotatable bonds is 3. The van der Waals surface area contributed by atoms with E-state index in [2.05, 4.69) is 5.32 Å². The maximum atomic E-state index is 12.6. The molecule has 2 heterocycles. The minimum absolute atomic E-state index is 0. The first-order chi connectivity index (χ1) is 10.3. The molecule has 22 heavy (non-hydrogen) atoms. The topological polar surface area (TPSA) is 41.6 Å². The Kier molecular flexibility index (Phi) is 6.24. The second-order valence-corrected chi connectivity index (χ2v) is 6.18. The third kappa shape index (κ3) is 3.80. The van der Waals surface area contributed by atoms with E-state index in [1.807, 2.05) is 29.2 Å². The summed E-state index contributed by atoms with van der Waals surface area (Å²) in [5.74, 6) is 1.69. The maximum absolute atomic E-state index is 12.6. The van der Waals surface area contributed by atoms with Crippen molar-refractivity contribution >= 4 is 18.3 Å². The van der Waals surface area contributed by atoms with Crippen molar-refractivity contribution in [2.24, 2.45) is 11.8 Å². The number of amides is 1.